The summed E-state index contributed by atoms with van der Waals surface area (Å²) in [6.07, 6.45) is -1.01. The number of piperazine rings is 1. The third-order valence-electron chi connectivity index (χ3n) is 10.6. The predicted octanol–water partition coefficient (Wildman–Crippen LogP) is 6.52. The molecule has 3 aromatic carbocycles. The van der Waals surface area contributed by atoms with Crippen molar-refractivity contribution < 1.29 is 51.3 Å². The molecule has 17 heteroatoms. The van der Waals surface area contributed by atoms with Gasteiger partial charge in [-0.25, -0.2) is 14.0 Å². The topological polar surface area (TPSA) is 121 Å². The van der Waals surface area contributed by atoms with Gasteiger partial charge in [-0.2, -0.15) is 13.2 Å². The van der Waals surface area contributed by atoms with E-state index in [0.29, 0.717) is 63.5 Å². The van der Waals surface area contributed by atoms with Crippen LogP contribution in [-0.4, -0.2) is 98.3 Å². The monoisotopic (exact) mass is 794 g/mol. The number of morpholine rings is 1. The van der Waals surface area contributed by atoms with Crippen molar-refractivity contribution in [2.24, 2.45) is 0 Å². The summed E-state index contributed by atoms with van der Waals surface area (Å²) in [6, 6.07) is 13.1. The van der Waals surface area contributed by atoms with E-state index in [1.165, 1.54) is 13.2 Å². The number of hydrogen-bond donors (Lipinski definition) is 2. The number of amides is 1. The van der Waals surface area contributed by atoms with Gasteiger partial charge in [-0.3, -0.25) is 4.79 Å². The molecule has 54 heavy (non-hydrogen) atoms. The SMILES string of the molecule is COC(=O)c1cc(F)c(-c2cccc3c2OCN(C(=O)c2c(Cl)cc(N4C5CCC4CNC5)cc2Cl)C3)cc1N1C2CCC1COC2.O=C(O)C(F)(F)F. The van der Waals surface area contributed by atoms with Crippen molar-refractivity contribution in [3.05, 3.63) is 75.0 Å². The van der Waals surface area contributed by atoms with Gasteiger partial charge in [0.15, 0.2) is 6.73 Å². The molecule has 0 spiro atoms. The van der Waals surface area contributed by atoms with Crippen molar-refractivity contribution in [1.29, 1.82) is 0 Å². The summed E-state index contributed by atoms with van der Waals surface area (Å²) < 4.78 is 64.6. The Morgan fingerprint density at radius 2 is 1.52 bits per heavy atom. The minimum atomic E-state index is -5.08. The van der Waals surface area contributed by atoms with Crippen molar-refractivity contribution in [3.8, 4) is 16.9 Å². The highest BCUT2D eigenvalue weighted by Crippen LogP contribution is 2.44. The number of benzene rings is 3. The number of methoxy groups -OCH3 is 1. The number of fused-ring (bicyclic) bond motifs is 5. The molecule has 288 valence electrons. The van der Waals surface area contributed by atoms with Crippen LogP contribution in [0, 0.1) is 5.82 Å². The molecule has 1 amide bonds. The molecule has 5 aliphatic heterocycles. The number of rotatable bonds is 5. The Labute approximate surface area is 317 Å². The lowest BCUT2D eigenvalue weighted by Gasteiger charge is -2.38. The molecule has 11 nitrogen and oxygen atoms in total. The molecular weight excluding hydrogens is 759 g/mol. The quantitative estimate of drug-likeness (QED) is 0.218. The summed E-state index contributed by atoms with van der Waals surface area (Å²) in [4.78, 5) is 41.6. The number of carboxylic acids is 1. The van der Waals surface area contributed by atoms with Crippen LogP contribution in [0.4, 0.5) is 28.9 Å². The molecule has 0 saturated carbocycles. The number of anilines is 2. The van der Waals surface area contributed by atoms with Crippen molar-refractivity contribution >= 4 is 52.4 Å². The molecule has 4 saturated heterocycles. The lowest BCUT2D eigenvalue weighted by molar-refractivity contribution is -0.192. The second kappa shape index (κ2) is 15.1. The van der Waals surface area contributed by atoms with Crippen LogP contribution in [0.3, 0.4) is 0 Å². The van der Waals surface area contributed by atoms with E-state index in [1.807, 2.05) is 24.3 Å². The van der Waals surface area contributed by atoms with Gasteiger partial charge in [-0.15, -0.1) is 0 Å². The maximum atomic E-state index is 15.9. The van der Waals surface area contributed by atoms with Gasteiger partial charge in [-0.05, 0) is 49.9 Å². The highest BCUT2D eigenvalue weighted by molar-refractivity contribution is 6.40. The number of aliphatic carboxylic acids is 1. The lowest BCUT2D eigenvalue weighted by Crippen LogP contribution is -2.52. The average Bonchev–Trinajstić information content (AvgIpc) is 3.54. The van der Waals surface area contributed by atoms with Crippen LogP contribution in [0.1, 0.15) is 52.0 Å². The van der Waals surface area contributed by atoms with Gasteiger partial charge in [0.25, 0.3) is 5.91 Å². The summed E-state index contributed by atoms with van der Waals surface area (Å²) >= 11 is 13.5. The number of carbonyl (C=O) groups is 3. The molecule has 4 fully saturated rings. The van der Waals surface area contributed by atoms with E-state index in [4.69, 9.17) is 47.3 Å². The van der Waals surface area contributed by atoms with Gasteiger partial charge >= 0.3 is 18.1 Å². The van der Waals surface area contributed by atoms with Crippen LogP contribution in [0.25, 0.3) is 11.1 Å². The van der Waals surface area contributed by atoms with Crippen LogP contribution in [-0.2, 0) is 20.8 Å². The van der Waals surface area contributed by atoms with E-state index in [2.05, 4.69) is 15.1 Å². The second-order valence-corrected chi connectivity index (χ2v) is 14.6. The number of carboxylic acid groups (broad SMARTS) is 1. The number of hydrogen-bond acceptors (Lipinski definition) is 9. The number of carbonyl (C=O) groups excluding carboxylic acids is 2. The van der Waals surface area contributed by atoms with Crippen molar-refractivity contribution in [2.75, 3.05) is 49.9 Å². The van der Waals surface area contributed by atoms with Crippen LogP contribution in [0.2, 0.25) is 10.0 Å². The summed E-state index contributed by atoms with van der Waals surface area (Å²) in [5.41, 5.74) is 3.52. The zero-order chi connectivity index (χ0) is 38.5. The van der Waals surface area contributed by atoms with E-state index in [9.17, 15) is 22.8 Å². The highest BCUT2D eigenvalue weighted by Gasteiger charge is 2.41. The Hall–Kier alpha value is -4.31. The van der Waals surface area contributed by atoms with Crippen molar-refractivity contribution in [2.45, 2.75) is 62.6 Å². The first kappa shape index (κ1) is 38.0. The molecule has 8 rings (SSSR count). The summed E-state index contributed by atoms with van der Waals surface area (Å²) in [6.45, 7) is 3.07. The van der Waals surface area contributed by atoms with Crippen molar-refractivity contribution in [1.82, 2.24) is 10.2 Å². The molecule has 3 aromatic rings. The van der Waals surface area contributed by atoms with Gasteiger partial charge in [0.2, 0.25) is 0 Å². The maximum absolute atomic E-state index is 15.9. The fourth-order valence-electron chi connectivity index (χ4n) is 8.16. The van der Waals surface area contributed by atoms with E-state index in [-0.39, 0.29) is 42.4 Å². The number of esters is 1. The van der Waals surface area contributed by atoms with Gasteiger partial charge in [0.1, 0.15) is 11.6 Å². The third kappa shape index (κ3) is 7.14. The molecule has 5 aliphatic rings. The first-order valence-electron chi connectivity index (χ1n) is 17.4. The zero-order valence-electron chi connectivity index (χ0n) is 28.9. The van der Waals surface area contributed by atoms with Crippen LogP contribution < -0.4 is 19.9 Å². The minimum Gasteiger partial charge on any atom is -0.475 e. The Kier molecular flexibility index (Phi) is 10.6. The number of para-hydroxylation sites is 1. The molecule has 4 bridgehead atoms. The number of nitrogens with one attached hydrogen (secondary N) is 1. The van der Waals surface area contributed by atoms with E-state index in [0.717, 1.165) is 44.5 Å². The van der Waals surface area contributed by atoms with Gasteiger partial charge in [0.05, 0.1) is 65.8 Å². The van der Waals surface area contributed by atoms with Crippen LogP contribution >= 0.6 is 23.2 Å². The molecule has 0 aromatic heterocycles. The predicted molar refractivity (Wildman–Crippen MR) is 191 cm³/mol. The number of halogens is 6. The van der Waals surface area contributed by atoms with Gasteiger partial charge < -0.3 is 39.3 Å². The fourth-order valence-corrected chi connectivity index (χ4v) is 8.80. The highest BCUT2D eigenvalue weighted by atomic mass is 35.5. The van der Waals surface area contributed by atoms with Gasteiger partial charge in [-0.1, -0.05) is 41.4 Å². The Bertz CT molecular complexity index is 1930. The minimum absolute atomic E-state index is 0.0679. The number of alkyl halides is 3. The first-order valence-corrected chi connectivity index (χ1v) is 18.1. The molecule has 4 unspecified atom stereocenters. The standard InChI is InChI=1S/C35H35Cl2FN4O5.C2HF3O2/c1-45-35(44)27-11-30(38)26(12-31(27)42-22-7-8-23(42)17-46-16-22)25-4-2-3-19-15-40(18-47-33(19)25)34(43)32-28(36)9-24(10-29(32)37)41-20-5-6-21(41)14-39-13-20;3-2(4,5)1(6)7/h2-4,9-12,20-23,39H,5-8,13-18H2,1H3;(H,6,7). The van der Waals surface area contributed by atoms with Crippen molar-refractivity contribution in [3.63, 3.8) is 0 Å². The average molecular weight is 796 g/mol. The summed E-state index contributed by atoms with van der Waals surface area (Å²) in [5.74, 6) is -3.78. The fraction of sp³-hybridized carbons (Fsp3) is 0.432. The molecule has 2 N–H and O–H groups in total. The maximum Gasteiger partial charge on any atom is 0.490 e. The van der Waals surface area contributed by atoms with Gasteiger partial charge in [0, 0.05) is 47.6 Å². The summed E-state index contributed by atoms with van der Waals surface area (Å²) in [7, 11) is 1.30. The Morgan fingerprint density at radius 3 is 2.11 bits per heavy atom. The van der Waals surface area contributed by atoms with E-state index >= 15 is 4.39 Å². The zero-order valence-corrected chi connectivity index (χ0v) is 30.4. The van der Waals surface area contributed by atoms with Crippen LogP contribution in [0.5, 0.6) is 5.75 Å². The Morgan fingerprint density at radius 1 is 0.907 bits per heavy atom. The molecule has 5 heterocycles. The lowest BCUT2D eigenvalue weighted by atomic mass is 9.96. The third-order valence-corrected chi connectivity index (χ3v) is 11.2. The van der Waals surface area contributed by atoms with Crippen LogP contribution in [0.15, 0.2) is 42.5 Å². The molecular formula is C37H36Cl2F4N4O7. The second-order valence-electron chi connectivity index (χ2n) is 13.8. The number of nitrogens with zero attached hydrogens (tertiary/aromatic N) is 3. The Balaban J connectivity index is 0.000000588. The summed E-state index contributed by atoms with van der Waals surface area (Å²) in [5, 5.41) is 11.2. The largest absolute Gasteiger partial charge is 0.490 e. The number of ether oxygens (including phenoxy) is 3. The molecule has 4 atom stereocenters. The first-order chi connectivity index (χ1) is 25.8. The molecule has 0 aliphatic carbocycles. The smallest absolute Gasteiger partial charge is 0.475 e. The van der Waals surface area contributed by atoms with E-state index < -0.39 is 23.9 Å². The molecule has 0 radical (unpaired) electrons. The normalized spacial score (nSPS) is 22.9. The van der Waals surface area contributed by atoms with E-state index in [1.54, 1.807) is 17.0 Å².